The predicted octanol–water partition coefficient (Wildman–Crippen LogP) is 4.21. The number of para-hydroxylation sites is 3. The lowest BCUT2D eigenvalue weighted by molar-refractivity contribution is -0.130. The summed E-state index contributed by atoms with van der Waals surface area (Å²) < 4.78 is 11.7. The molecule has 0 spiro atoms. The molecule has 30 heavy (non-hydrogen) atoms. The summed E-state index contributed by atoms with van der Waals surface area (Å²) in [4.78, 5) is 27.6. The highest BCUT2D eigenvalue weighted by molar-refractivity contribution is 6.32. The second-order valence-corrected chi connectivity index (χ2v) is 7.64. The molecule has 1 N–H and O–H groups in total. The van der Waals surface area contributed by atoms with E-state index in [-0.39, 0.29) is 24.4 Å². The van der Waals surface area contributed by atoms with Crippen molar-refractivity contribution in [3.8, 4) is 11.5 Å². The number of halogens is 1. The van der Waals surface area contributed by atoms with Gasteiger partial charge in [-0.25, -0.2) is 0 Å². The highest BCUT2D eigenvalue weighted by Gasteiger charge is 2.36. The van der Waals surface area contributed by atoms with Crippen LogP contribution in [0.2, 0.25) is 5.02 Å². The Balaban J connectivity index is 1.80. The molecule has 0 bridgehead atoms. The number of carbonyl (C=O) groups excluding carboxylic acids is 2. The number of hydrogen-bond donors (Lipinski definition) is 1. The maximum atomic E-state index is 13.2. The van der Waals surface area contributed by atoms with E-state index in [9.17, 15) is 9.59 Å². The molecule has 1 aliphatic rings. The smallest absolute Gasteiger partial charge is 0.268 e. The third-order valence-corrected chi connectivity index (χ3v) is 5.46. The van der Waals surface area contributed by atoms with Crippen LogP contribution >= 0.6 is 11.6 Å². The number of benzene rings is 2. The molecule has 0 saturated heterocycles. The summed E-state index contributed by atoms with van der Waals surface area (Å²) in [5.74, 6) is 0.429. The van der Waals surface area contributed by atoms with Crippen molar-refractivity contribution in [1.29, 1.82) is 0 Å². The van der Waals surface area contributed by atoms with Gasteiger partial charge in [0, 0.05) is 6.04 Å². The third kappa shape index (κ3) is 4.87. The Kier molecular flexibility index (Phi) is 7.21. The average molecular weight is 431 g/mol. The molecule has 2 aromatic carbocycles. The summed E-state index contributed by atoms with van der Waals surface area (Å²) >= 11 is 6.16. The van der Waals surface area contributed by atoms with Gasteiger partial charge in [0.15, 0.2) is 12.2 Å². The summed E-state index contributed by atoms with van der Waals surface area (Å²) in [6.07, 6.45) is 0.0733. The number of nitrogens with zero attached hydrogens (tertiary/aromatic N) is 1. The van der Waals surface area contributed by atoms with Crippen LogP contribution in [-0.4, -0.2) is 36.6 Å². The Labute approximate surface area is 182 Å². The summed E-state index contributed by atoms with van der Waals surface area (Å²) in [6, 6.07) is 14.3. The molecule has 2 aromatic rings. The van der Waals surface area contributed by atoms with Gasteiger partial charge in [-0.3, -0.25) is 9.59 Å². The first-order valence-electron chi connectivity index (χ1n) is 10.2. The SMILES string of the molecule is CCC(CC)NC(=O)C1CN(C(=O)C(C)Oc2ccccc2Cl)c2ccccc2O1. The van der Waals surface area contributed by atoms with Crippen molar-refractivity contribution in [2.24, 2.45) is 0 Å². The minimum absolute atomic E-state index is 0.0740. The van der Waals surface area contributed by atoms with Gasteiger partial charge < -0.3 is 19.7 Å². The number of rotatable bonds is 7. The first-order valence-corrected chi connectivity index (χ1v) is 10.6. The van der Waals surface area contributed by atoms with Crippen molar-refractivity contribution < 1.29 is 19.1 Å². The minimum atomic E-state index is -0.794. The fraction of sp³-hybridized carbons (Fsp3) is 0.391. The fourth-order valence-electron chi connectivity index (χ4n) is 3.37. The molecule has 1 heterocycles. The van der Waals surface area contributed by atoms with Crippen LogP contribution in [0.25, 0.3) is 0 Å². The van der Waals surface area contributed by atoms with Gasteiger partial charge >= 0.3 is 0 Å². The molecule has 6 nitrogen and oxygen atoms in total. The summed E-state index contributed by atoms with van der Waals surface area (Å²) in [5.41, 5.74) is 0.615. The maximum absolute atomic E-state index is 13.2. The van der Waals surface area contributed by atoms with Crippen LogP contribution in [0.15, 0.2) is 48.5 Å². The van der Waals surface area contributed by atoms with Crippen molar-refractivity contribution in [2.75, 3.05) is 11.4 Å². The molecular formula is C23H27ClN2O4. The second-order valence-electron chi connectivity index (χ2n) is 7.24. The normalized spacial score (nSPS) is 16.4. The molecule has 0 fully saturated rings. The number of ether oxygens (including phenoxy) is 2. The van der Waals surface area contributed by atoms with Gasteiger partial charge in [0.1, 0.15) is 11.5 Å². The molecular weight excluding hydrogens is 404 g/mol. The number of anilines is 1. The third-order valence-electron chi connectivity index (χ3n) is 5.15. The van der Waals surface area contributed by atoms with Crippen molar-refractivity contribution in [2.45, 2.75) is 51.9 Å². The highest BCUT2D eigenvalue weighted by Crippen LogP contribution is 2.34. The molecule has 2 unspecified atom stereocenters. The first kappa shape index (κ1) is 22.0. The number of hydrogen-bond acceptors (Lipinski definition) is 4. The van der Waals surface area contributed by atoms with E-state index in [1.807, 2.05) is 26.0 Å². The largest absolute Gasteiger partial charge is 0.479 e. The Bertz CT molecular complexity index is 900. The molecule has 2 amide bonds. The van der Waals surface area contributed by atoms with E-state index >= 15 is 0 Å². The summed E-state index contributed by atoms with van der Waals surface area (Å²) in [5, 5.41) is 3.43. The molecule has 0 aromatic heterocycles. The lowest BCUT2D eigenvalue weighted by Gasteiger charge is -2.35. The standard InChI is InChI=1S/C23H27ClN2O4/c1-4-16(5-2)25-22(27)21-14-26(18-11-7-9-13-20(18)30-21)23(28)15(3)29-19-12-8-6-10-17(19)24/h6-13,15-16,21H,4-5,14H2,1-3H3,(H,25,27). The van der Waals surface area contributed by atoms with Gasteiger partial charge in [-0.05, 0) is 44.0 Å². The van der Waals surface area contributed by atoms with Crippen LogP contribution in [-0.2, 0) is 9.59 Å². The van der Waals surface area contributed by atoms with Crippen LogP contribution in [0.3, 0.4) is 0 Å². The van der Waals surface area contributed by atoms with E-state index < -0.39 is 12.2 Å². The van der Waals surface area contributed by atoms with Gasteiger partial charge in [-0.2, -0.15) is 0 Å². The van der Waals surface area contributed by atoms with Crippen LogP contribution in [0.4, 0.5) is 5.69 Å². The van der Waals surface area contributed by atoms with Crippen LogP contribution < -0.4 is 19.7 Å². The molecule has 2 atom stereocenters. The van der Waals surface area contributed by atoms with Crippen molar-refractivity contribution in [3.05, 3.63) is 53.6 Å². The molecule has 0 radical (unpaired) electrons. The molecule has 0 saturated carbocycles. The van der Waals surface area contributed by atoms with Gasteiger partial charge in [0.25, 0.3) is 11.8 Å². The summed E-state index contributed by atoms with van der Waals surface area (Å²) in [6.45, 7) is 5.82. The minimum Gasteiger partial charge on any atom is -0.479 e. The molecule has 160 valence electrons. The van der Waals surface area contributed by atoms with Crippen molar-refractivity contribution >= 4 is 29.1 Å². The van der Waals surface area contributed by atoms with E-state index in [2.05, 4.69) is 5.32 Å². The molecule has 0 aliphatic carbocycles. The lowest BCUT2D eigenvalue weighted by Crippen LogP contribution is -2.54. The van der Waals surface area contributed by atoms with E-state index in [4.69, 9.17) is 21.1 Å². The van der Waals surface area contributed by atoms with E-state index in [1.165, 1.54) is 0 Å². The number of nitrogens with one attached hydrogen (secondary N) is 1. The van der Waals surface area contributed by atoms with Crippen LogP contribution in [0.5, 0.6) is 11.5 Å². The zero-order valence-corrected chi connectivity index (χ0v) is 18.2. The molecule has 7 heteroatoms. The fourth-order valence-corrected chi connectivity index (χ4v) is 3.55. The molecule has 3 rings (SSSR count). The van der Waals surface area contributed by atoms with Crippen LogP contribution in [0.1, 0.15) is 33.6 Å². The zero-order valence-electron chi connectivity index (χ0n) is 17.4. The average Bonchev–Trinajstić information content (AvgIpc) is 2.77. The quantitative estimate of drug-likeness (QED) is 0.714. The van der Waals surface area contributed by atoms with Gasteiger partial charge in [-0.1, -0.05) is 49.7 Å². The second kappa shape index (κ2) is 9.85. The highest BCUT2D eigenvalue weighted by atomic mass is 35.5. The van der Waals surface area contributed by atoms with Crippen molar-refractivity contribution in [1.82, 2.24) is 5.32 Å². The number of amides is 2. The number of carbonyl (C=O) groups is 2. The predicted molar refractivity (Wildman–Crippen MR) is 117 cm³/mol. The maximum Gasteiger partial charge on any atom is 0.268 e. The Morgan fingerprint density at radius 1 is 1.17 bits per heavy atom. The lowest BCUT2D eigenvalue weighted by atomic mass is 10.1. The number of fused-ring (bicyclic) bond motifs is 1. The zero-order chi connectivity index (χ0) is 21.7. The molecule has 1 aliphatic heterocycles. The Hall–Kier alpha value is -2.73. The topological polar surface area (TPSA) is 67.9 Å². The van der Waals surface area contributed by atoms with E-state index in [0.29, 0.717) is 22.2 Å². The van der Waals surface area contributed by atoms with Crippen molar-refractivity contribution in [3.63, 3.8) is 0 Å². The Morgan fingerprint density at radius 3 is 2.53 bits per heavy atom. The summed E-state index contributed by atoms with van der Waals surface area (Å²) in [7, 11) is 0. The van der Waals surface area contributed by atoms with E-state index in [1.54, 1.807) is 48.2 Å². The first-order chi connectivity index (χ1) is 14.4. The van der Waals surface area contributed by atoms with Gasteiger partial charge in [-0.15, -0.1) is 0 Å². The van der Waals surface area contributed by atoms with Gasteiger partial charge in [0.05, 0.1) is 17.3 Å². The van der Waals surface area contributed by atoms with Gasteiger partial charge in [0.2, 0.25) is 0 Å². The van der Waals surface area contributed by atoms with E-state index in [0.717, 1.165) is 12.8 Å². The van der Waals surface area contributed by atoms with Crippen LogP contribution in [0, 0.1) is 0 Å². The monoisotopic (exact) mass is 430 g/mol. The Morgan fingerprint density at radius 2 is 1.83 bits per heavy atom.